The molecule has 0 amide bonds. The van der Waals surface area contributed by atoms with Crippen molar-refractivity contribution in [1.29, 1.82) is 0 Å². The molecule has 0 aromatic heterocycles. The Bertz CT molecular complexity index is 1180. The molecule has 33 heavy (non-hydrogen) atoms. The lowest BCUT2D eigenvalue weighted by atomic mass is 10.0. The highest BCUT2D eigenvalue weighted by molar-refractivity contribution is 6.08. The Hall–Kier alpha value is -3.74. The summed E-state index contributed by atoms with van der Waals surface area (Å²) in [7, 11) is 0. The lowest BCUT2D eigenvalue weighted by Crippen LogP contribution is -2.30. The van der Waals surface area contributed by atoms with Gasteiger partial charge in [0.2, 0.25) is 0 Å². The van der Waals surface area contributed by atoms with Crippen LogP contribution < -0.4 is 16.0 Å². The second kappa shape index (κ2) is 9.40. The van der Waals surface area contributed by atoms with E-state index in [-0.39, 0.29) is 5.56 Å². The summed E-state index contributed by atoms with van der Waals surface area (Å²) in [5.74, 6) is 0.460. The summed E-state index contributed by atoms with van der Waals surface area (Å²) in [4.78, 5) is 4.64. The van der Waals surface area contributed by atoms with Crippen LogP contribution in [0.25, 0.3) is 5.70 Å². The zero-order chi connectivity index (χ0) is 23.4. The van der Waals surface area contributed by atoms with Crippen molar-refractivity contribution in [3.05, 3.63) is 102 Å². The molecule has 1 aliphatic rings. The zero-order valence-electron chi connectivity index (χ0n) is 18.2. The summed E-state index contributed by atoms with van der Waals surface area (Å²) in [6.45, 7) is 7.08. The molecular formula is C26H25F3N4. The largest absolute Gasteiger partial charge is 0.416 e. The van der Waals surface area contributed by atoms with Gasteiger partial charge in [-0.05, 0) is 30.7 Å². The summed E-state index contributed by atoms with van der Waals surface area (Å²) in [6.07, 6.45) is -4.41. The van der Waals surface area contributed by atoms with Crippen molar-refractivity contribution < 1.29 is 13.2 Å². The molecule has 0 bridgehead atoms. The van der Waals surface area contributed by atoms with E-state index in [1.54, 1.807) is 6.07 Å². The summed E-state index contributed by atoms with van der Waals surface area (Å²) >= 11 is 0. The van der Waals surface area contributed by atoms with Crippen LogP contribution in [0.5, 0.6) is 0 Å². The molecule has 7 heteroatoms. The molecule has 0 radical (unpaired) electrons. The van der Waals surface area contributed by atoms with E-state index in [9.17, 15) is 13.2 Å². The van der Waals surface area contributed by atoms with E-state index >= 15 is 0 Å². The third-order valence-corrected chi connectivity index (χ3v) is 5.38. The number of para-hydroxylation sites is 2. The van der Waals surface area contributed by atoms with E-state index in [0.717, 1.165) is 35.8 Å². The maximum absolute atomic E-state index is 13.7. The third-order valence-electron chi connectivity index (χ3n) is 5.38. The van der Waals surface area contributed by atoms with Gasteiger partial charge in [-0.3, -0.25) is 0 Å². The van der Waals surface area contributed by atoms with Gasteiger partial charge in [-0.25, -0.2) is 4.99 Å². The molecule has 1 aliphatic heterocycles. The van der Waals surface area contributed by atoms with Crippen LogP contribution in [0.2, 0.25) is 0 Å². The van der Waals surface area contributed by atoms with Gasteiger partial charge in [0.25, 0.3) is 0 Å². The average Bonchev–Trinajstić information content (AvgIpc) is 2.82. The van der Waals surface area contributed by atoms with Crippen LogP contribution in [-0.4, -0.2) is 12.4 Å². The Morgan fingerprint density at radius 1 is 1.00 bits per heavy atom. The van der Waals surface area contributed by atoms with Crippen molar-refractivity contribution in [3.8, 4) is 0 Å². The monoisotopic (exact) mass is 450 g/mol. The highest BCUT2D eigenvalue weighted by Crippen LogP contribution is 2.38. The van der Waals surface area contributed by atoms with Crippen LogP contribution in [0.15, 0.2) is 84.4 Å². The van der Waals surface area contributed by atoms with Crippen molar-refractivity contribution in [1.82, 2.24) is 5.32 Å². The molecule has 0 aliphatic carbocycles. The predicted octanol–water partition coefficient (Wildman–Crippen LogP) is 6.66. The molecule has 0 spiro atoms. The number of benzene rings is 3. The molecular weight excluding hydrogens is 425 g/mol. The Balaban J connectivity index is 1.71. The minimum Gasteiger partial charge on any atom is -0.385 e. The van der Waals surface area contributed by atoms with E-state index in [1.807, 2.05) is 48.5 Å². The number of nitrogens with one attached hydrogen (secondary N) is 3. The molecule has 1 heterocycles. The maximum Gasteiger partial charge on any atom is 0.416 e. The van der Waals surface area contributed by atoms with Crippen LogP contribution in [-0.2, 0) is 6.18 Å². The second-order valence-corrected chi connectivity index (χ2v) is 7.73. The highest BCUT2D eigenvalue weighted by atomic mass is 19.4. The lowest BCUT2D eigenvalue weighted by molar-refractivity contribution is -0.138. The zero-order valence-corrected chi connectivity index (χ0v) is 18.2. The van der Waals surface area contributed by atoms with Crippen LogP contribution in [0, 0.1) is 0 Å². The van der Waals surface area contributed by atoms with Gasteiger partial charge in [-0.2, -0.15) is 13.2 Å². The molecule has 3 aromatic carbocycles. The number of amidine groups is 1. The Morgan fingerprint density at radius 2 is 1.70 bits per heavy atom. The number of anilines is 2. The average molecular weight is 451 g/mol. The summed E-state index contributed by atoms with van der Waals surface area (Å²) < 4.78 is 41.0. The normalized spacial score (nSPS) is 15.2. The minimum absolute atomic E-state index is 0.0643. The van der Waals surface area contributed by atoms with Gasteiger partial charge in [0.05, 0.1) is 5.56 Å². The van der Waals surface area contributed by atoms with Crippen LogP contribution in [0.1, 0.15) is 41.8 Å². The first-order valence-corrected chi connectivity index (χ1v) is 10.8. The molecule has 0 fully saturated rings. The van der Waals surface area contributed by atoms with Gasteiger partial charge in [0.15, 0.2) is 0 Å². The predicted molar refractivity (Wildman–Crippen MR) is 128 cm³/mol. The van der Waals surface area contributed by atoms with Gasteiger partial charge >= 0.3 is 6.18 Å². The number of halogens is 3. The summed E-state index contributed by atoms with van der Waals surface area (Å²) in [5.41, 5.74) is 3.22. The van der Waals surface area contributed by atoms with Crippen LogP contribution >= 0.6 is 0 Å². The van der Waals surface area contributed by atoms with Crippen molar-refractivity contribution >= 4 is 22.9 Å². The fourth-order valence-electron chi connectivity index (χ4n) is 3.80. The Kier molecular flexibility index (Phi) is 6.40. The first kappa shape index (κ1) is 22.5. The Morgan fingerprint density at radius 3 is 2.48 bits per heavy atom. The van der Waals surface area contributed by atoms with Crippen LogP contribution in [0.3, 0.4) is 0 Å². The molecule has 0 saturated carbocycles. The van der Waals surface area contributed by atoms with Gasteiger partial charge in [0, 0.05) is 40.3 Å². The summed E-state index contributed by atoms with van der Waals surface area (Å²) in [6, 6.07) is 20.7. The number of nitrogens with zero attached hydrogens (tertiary/aromatic N) is 1. The maximum atomic E-state index is 13.7. The fourth-order valence-corrected chi connectivity index (χ4v) is 3.80. The lowest BCUT2D eigenvalue weighted by Gasteiger charge is -2.28. The van der Waals surface area contributed by atoms with Gasteiger partial charge in [0.1, 0.15) is 12.0 Å². The van der Waals surface area contributed by atoms with Gasteiger partial charge in [-0.15, -0.1) is 0 Å². The van der Waals surface area contributed by atoms with Gasteiger partial charge in [-0.1, -0.05) is 62.0 Å². The molecule has 170 valence electrons. The fraction of sp³-hybridized carbons (Fsp3) is 0.192. The van der Waals surface area contributed by atoms with E-state index in [2.05, 4.69) is 34.4 Å². The highest BCUT2D eigenvalue weighted by Gasteiger charge is 2.36. The van der Waals surface area contributed by atoms with Crippen molar-refractivity contribution in [2.75, 3.05) is 17.2 Å². The number of aliphatic imine (C=N–C) groups is 1. The molecule has 1 unspecified atom stereocenters. The molecule has 3 N–H and O–H groups in total. The number of hydrogen-bond donors (Lipinski definition) is 3. The van der Waals surface area contributed by atoms with E-state index < -0.39 is 17.9 Å². The van der Waals surface area contributed by atoms with Crippen LogP contribution in [0.4, 0.5) is 24.5 Å². The molecule has 4 rings (SSSR count). The molecule has 0 saturated heterocycles. The van der Waals surface area contributed by atoms with E-state index in [1.165, 1.54) is 12.1 Å². The quantitative estimate of drug-likeness (QED) is 0.394. The number of rotatable bonds is 6. The molecule has 3 aromatic rings. The first-order chi connectivity index (χ1) is 15.9. The standard InChI is InChI=1S/C26H25F3N4/c1-3-16-30-22-14-8-5-10-18(22)17(2)31-25-20-12-6-9-15-23(20)32-24(33-25)19-11-4-7-13-21(19)26(27,28)29/h4-15,24,30,32H,2-3,16H2,1H3,(H,31,33). The number of fused-ring (bicyclic) bond motifs is 1. The molecule has 4 nitrogen and oxygen atoms in total. The first-order valence-electron chi connectivity index (χ1n) is 10.8. The third kappa shape index (κ3) is 4.87. The SMILES string of the molecule is C=C(NC1=NC(c2ccccc2C(F)(F)F)Nc2ccccc21)c1ccccc1NCCC. The number of alkyl halides is 3. The summed E-state index contributed by atoms with van der Waals surface area (Å²) in [5, 5.41) is 9.78. The van der Waals surface area contributed by atoms with E-state index in [4.69, 9.17) is 0 Å². The van der Waals surface area contributed by atoms with Gasteiger partial charge < -0.3 is 16.0 Å². The van der Waals surface area contributed by atoms with Crippen molar-refractivity contribution in [2.45, 2.75) is 25.7 Å². The smallest absolute Gasteiger partial charge is 0.385 e. The van der Waals surface area contributed by atoms with Crippen molar-refractivity contribution in [3.63, 3.8) is 0 Å². The Labute approximate surface area is 191 Å². The second-order valence-electron chi connectivity index (χ2n) is 7.73. The number of hydrogen-bond acceptors (Lipinski definition) is 4. The van der Waals surface area contributed by atoms with E-state index in [0.29, 0.717) is 17.2 Å². The van der Waals surface area contributed by atoms with Crippen molar-refractivity contribution in [2.24, 2.45) is 4.99 Å². The topological polar surface area (TPSA) is 48.5 Å². The molecule has 1 atom stereocenters. The minimum atomic E-state index is -4.48.